The highest BCUT2D eigenvalue weighted by Gasteiger charge is 2.29. The lowest BCUT2D eigenvalue weighted by molar-refractivity contribution is -0.384. The van der Waals surface area contributed by atoms with Crippen LogP contribution in [0.2, 0.25) is 0 Å². The second-order valence-electron chi connectivity index (χ2n) is 8.24. The third-order valence-electron chi connectivity index (χ3n) is 5.60. The number of anilines is 1. The van der Waals surface area contributed by atoms with Gasteiger partial charge in [0.2, 0.25) is 0 Å². The molecule has 4 aromatic rings. The van der Waals surface area contributed by atoms with Crippen molar-refractivity contribution in [1.82, 2.24) is 10.2 Å². The Morgan fingerprint density at radius 3 is 2.17 bits per heavy atom. The van der Waals surface area contributed by atoms with Gasteiger partial charge in [-0.3, -0.25) is 25.0 Å². The van der Waals surface area contributed by atoms with E-state index in [1.165, 1.54) is 23.7 Å². The number of hydroxylamine groups is 1. The van der Waals surface area contributed by atoms with Crippen LogP contribution in [0.5, 0.6) is 11.5 Å². The second-order valence-corrected chi connectivity index (χ2v) is 9.92. The van der Waals surface area contributed by atoms with E-state index in [2.05, 4.69) is 0 Å². The summed E-state index contributed by atoms with van der Waals surface area (Å²) in [6.07, 6.45) is 0. The minimum Gasteiger partial charge on any atom is -0.457 e. The molecule has 0 aromatic heterocycles. The van der Waals surface area contributed by atoms with Crippen molar-refractivity contribution >= 4 is 33.3 Å². The number of hydrogen-bond donors (Lipinski definition) is 3. The molecule has 0 aliphatic rings. The van der Waals surface area contributed by atoms with Gasteiger partial charge in [0.05, 0.1) is 21.9 Å². The van der Waals surface area contributed by atoms with Crippen LogP contribution in [0.3, 0.4) is 0 Å². The minimum atomic E-state index is -4.61. The predicted molar refractivity (Wildman–Crippen MR) is 144 cm³/mol. The molecule has 0 saturated heterocycles. The Morgan fingerprint density at radius 1 is 0.900 bits per heavy atom. The highest BCUT2D eigenvalue weighted by molar-refractivity contribution is 7.90. The van der Waals surface area contributed by atoms with Gasteiger partial charge in [-0.2, -0.15) is 0 Å². The van der Waals surface area contributed by atoms with Crippen LogP contribution < -0.4 is 19.8 Å². The number of nitro groups is 1. The normalized spacial score (nSPS) is 10.8. The summed E-state index contributed by atoms with van der Waals surface area (Å²) in [4.78, 5) is 36.7. The minimum absolute atomic E-state index is 0.0882. The molecule has 0 aliphatic carbocycles. The van der Waals surface area contributed by atoms with Gasteiger partial charge in [-0.25, -0.2) is 23.4 Å². The van der Waals surface area contributed by atoms with Gasteiger partial charge in [0, 0.05) is 6.07 Å². The summed E-state index contributed by atoms with van der Waals surface area (Å²) in [5.41, 5.74) is 0.902. The molecule has 0 bridgehead atoms. The fraction of sp³-hybridized carbons (Fsp3) is 0.0370. The number of nitro benzene ring substituents is 1. The molecule has 4 aromatic carbocycles. The van der Waals surface area contributed by atoms with Crippen LogP contribution in [-0.2, 0) is 16.6 Å². The number of carbonyl (C=O) groups excluding carboxylic acids is 2. The van der Waals surface area contributed by atoms with Gasteiger partial charge in [-0.1, -0.05) is 60.7 Å². The van der Waals surface area contributed by atoms with Crippen LogP contribution >= 0.6 is 0 Å². The van der Waals surface area contributed by atoms with E-state index in [1.54, 1.807) is 66.7 Å². The van der Waals surface area contributed by atoms with Crippen LogP contribution in [0.15, 0.2) is 108 Å². The zero-order chi connectivity index (χ0) is 28.7. The van der Waals surface area contributed by atoms with Gasteiger partial charge in [0.1, 0.15) is 17.2 Å². The molecule has 0 radical (unpaired) electrons. The van der Waals surface area contributed by atoms with E-state index in [4.69, 9.17) is 4.74 Å². The van der Waals surface area contributed by atoms with Gasteiger partial charge >= 0.3 is 6.03 Å². The van der Waals surface area contributed by atoms with Crippen molar-refractivity contribution < 1.29 is 32.9 Å². The largest absolute Gasteiger partial charge is 0.457 e. The maximum Gasteiger partial charge on any atom is 0.346 e. The molecule has 4 rings (SSSR count). The molecule has 0 fully saturated rings. The third-order valence-corrected chi connectivity index (χ3v) is 6.93. The van der Waals surface area contributed by atoms with Gasteiger partial charge in [-0.05, 0) is 42.0 Å². The van der Waals surface area contributed by atoms with E-state index in [1.807, 2.05) is 4.72 Å². The monoisotopic (exact) mass is 562 g/mol. The zero-order valence-corrected chi connectivity index (χ0v) is 21.4. The molecule has 0 heterocycles. The molecule has 0 aliphatic heterocycles. The number of nitrogens with one attached hydrogen (secondary N) is 2. The maximum absolute atomic E-state index is 13.1. The molecule has 3 N–H and O–H groups in total. The van der Waals surface area contributed by atoms with Crippen molar-refractivity contribution in [2.75, 3.05) is 4.90 Å². The number of hydrogen-bond acceptors (Lipinski definition) is 8. The summed E-state index contributed by atoms with van der Waals surface area (Å²) in [7, 11) is -4.61. The van der Waals surface area contributed by atoms with Crippen molar-refractivity contribution in [2.45, 2.75) is 11.4 Å². The molecule has 204 valence electrons. The maximum atomic E-state index is 13.1. The Kier molecular flexibility index (Phi) is 8.37. The van der Waals surface area contributed by atoms with Gasteiger partial charge in [0.15, 0.2) is 0 Å². The molecule has 0 saturated carbocycles. The fourth-order valence-corrected chi connectivity index (χ4v) is 4.72. The first-order valence-electron chi connectivity index (χ1n) is 11.6. The van der Waals surface area contributed by atoms with Gasteiger partial charge in [-0.15, -0.1) is 0 Å². The summed E-state index contributed by atoms with van der Waals surface area (Å²) in [6, 6.07) is 24.7. The first-order chi connectivity index (χ1) is 19.2. The van der Waals surface area contributed by atoms with Crippen LogP contribution in [-0.4, -0.2) is 30.5 Å². The molecular formula is C27H22N4O8S. The Bertz CT molecular complexity index is 1650. The smallest absolute Gasteiger partial charge is 0.346 e. The zero-order valence-electron chi connectivity index (χ0n) is 20.6. The summed E-state index contributed by atoms with van der Waals surface area (Å²) in [5, 5.41) is 21.1. The number of rotatable bonds is 9. The lowest BCUT2D eigenvalue weighted by Gasteiger charge is -2.22. The number of sulfonamides is 1. The molecular weight excluding hydrogens is 540 g/mol. The number of nitrogens with zero attached hydrogens (tertiary/aromatic N) is 2. The first-order valence-corrected chi connectivity index (χ1v) is 13.1. The Labute approximate surface area is 228 Å². The van der Waals surface area contributed by atoms with Crippen LogP contribution in [0.1, 0.15) is 15.9 Å². The highest BCUT2D eigenvalue weighted by atomic mass is 32.2. The molecule has 0 unspecified atom stereocenters. The summed E-state index contributed by atoms with van der Waals surface area (Å²) >= 11 is 0. The van der Waals surface area contributed by atoms with Crippen molar-refractivity contribution in [1.29, 1.82) is 0 Å². The van der Waals surface area contributed by atoms with Gasteiger partial charge in [0.25, 0.3) is 21.6 Å². The number of benzene rings is 4. The number of carbonyl (C=O) groups is 2. The predicted octanol–water partition coefficient (Wildman–Crippen LogP) is 4.61. The number of ether oxygens (including phenoxy) is 1. The Hall–Kier alpha value is -5.27. The average Bonchev–Trinajstić information content (AvgIpc) is 2.96. The molecule has 40 heavy (non-hydrogen) atoms. The van der Waals surface area contributed by atoms with Crippen molar-refractivity contribution in [3.05, 3.63) is 124 Å². The topological polar surface area (TPSA) is 168 Å². The van der Waals surface area contributed by atoms with E-state index in [0.29, 0.717) is 11.3 Å². The fourth-order valence-electron chi connectivity index (χ4n) is 3.73. The lowest BCUT2D eigenvalue weighted by Crippen LogP contribution is -2.38. The number of amides is 3. The summed E-state index contributed by atoms with van der Waals surface area (Å²) < 4.78 is 33.8. The second kappa shape index (κ2) is 12.1. The highest BCUT2D eigenvalue weighted by Crippen LogP contribution is 2.32. The first kappa shape index (κ1) is 27.8. The SMILES string of the molecule is O=C(NS(=O)(=O)c1ccc(N(Cc2ccccc2)C(=O)NO)c([N+](=O)[O-])c1)c1ccccc1Oc1ccccc1. The Morgan fingerprint density at radius 2 is 1.52 bits per heavy atom. The molecule has 3 amide bonds. The summed E-state index contributed by atoms with van der Waals surface area (Å²) in [5.74, 6) is -0.512. The van der Waals surface area contributed by atoms with Crippen molar-refractivity contribution in [2.24, 2.45) is 0 Å². The molecule has 0 atom stereocenters. The van der Waals surface area contributed by atoms with Crippen LogP contribution in [0, 0.1) is 10.1 Å². The average molecular weight is 563 g/mol. The van der Waals surface area contributed by atoms with E-state index in [0.717, 1.165) is 23.1 Å². The Balaban J connectivity index is 1.64. The molecule has 13 heteroatoms. The van der Waals surface area contributed by atoms with E-state index >= 15 is 0 Å². The van der Waals surface area contributed by atoms with Crippen molar-refractivity contribution in [3.63, 3.8) is 0 Å². The quantitative estimate of drug-likeness (QED) is 0.151. The lowest BCUT2D eigenvalue weighted by atomic mass is 10.2. The van der Waals surface area contributed by atoms with Crippen LogP contribution in [0.25, 0.3) is 0 Å². The number of urea groups is 1. The summed E-state index contributed by atoms with van der Waals surface area (Å²) in [6.45, 7) is -0.172. The van der Waals surface area contributed by atoms with Crippen LogP contribution in [0.4, 0.5) is 16.2 Å². The number of para-hydroxylation sites is 2. The molecule has 0 spiro atoms. The van der Waals surface area contributed by atoms with Gasteiger partial charge < -0.3 is 4.74 Å². The van der Waals surface area contributed by atoms with Crippen molar-refractivity contribution in [3.8, 4) is 11.5 Å². The van der Waals surface area contributed by atoms with E-state index < -0.39 is 37.5 Å². The van der Waals surface area contributed by atoms with E-state index in [-0.39, 0.29) is 23.5 Å². The standard InChI is InChI=1S/C27H22N4O8S/c32-26(22-13-7-8-14-25(22)39-20-11-5-2-6-12-20)29-40(37,38)21-15-16-23(24(17-21)31(35)36)30(27(33)28-34)18-19-9-3-1-4-10-19/h1-17,34H,18H2,(H,28,33)(H,29,32). The third kappa shape index (κ3) is 6.40. The van der Waals surface area contributed by atoms with E-state index in [9.17, 15) is 33.3 Å². The molecule has 12 nitrogen and oxygen atoms in total.